The van der Waals surface area contributed by atoms with Crippen LogP contribution in [0.15, 0.2) is 0 Å². The van der Waals surface area contributed by atoms with Gasteiger partial charge in [0.2, 0.25) is 0 Å². The highest BCUT2D eigenvalue weighted by atomic mass is 16.7. The lowest BCUT2D eigenvalue weighted by atomic mass is 9.88. The molecule has 2 rings (SSSR count). The van der Waals surface area contributed by atoms with Crippen LogP contribution in [0.1, 0.15) is 27.2 Å². The van der Waals surface area contributed by atoms with Crippen molar-refractivity contribution in [3.63, 3.8) is 0 Å². The number of carbonyl (C=O) groups is 1. The largest absolute Gasteiger partial charge is 0.460 e. The van der Waals surface area contributed by atoms with Crippen LogP contribution in [0.4, 0.5) is 0 Å². The van der Waals surface area contributed by atoms with E-state index >= 15 is 0 Å². The molecule has 1 unspecified atom stereocenters. The van der Waals surface area contributed by atoms with Crippen molar-refractivity contribution >= 4 is 5.97 Å². The molecule has 0 aromatic carbocycles. The summed E-state index contributed by atoms with van der Waals surface area (Å²) in [6, 6.07) is 0. The van der Waals surface area contributed by atoms with Crippen LogP contribution in [0.5, 0.6) is 0 Å². The van der Waals surface area contributed by atoms with E-state index in [1.165, 1.54) is 0 Å². The second-order valence-corrected chi connectivity index (χ2v) is 6.67. The van der Waals surface area contributed by atoms with E-state index in [0.29, 0.717) is 6.42 Å². The Bertz CT molecular complexity index is 441. The number of ether oxygens (including phenoxy) is 4. The van der Waals surface area contributed by atoms with Crippen LogP contribution in [0, 0.1) is 30.1 Å². The van der Waals surface area contributed by atoms with Gasteiger partial charge in [-0.3, -0.25) is 4.79 Å². The van der Waals surface area contributed by atoms with Gasteiger partial charge in [0.25, 0.3) is 0 Å². The van der Waals surface area contributed by atoms with Crippen LogP contribution >= 0.6 is 0 Å². The zero-order valence-corrected chi connectivity index (χ0v) is 13.3. The van der Waals surface area contributed by atoms with Gasteiger partial charge in [-0.1, -0.05) is 0 Å². The van der Waals surface area contributed by atoms with Gasteiger partial charge in [-0.2, -0.15) is 0 Å². The zero-order valence-electron chi connectivity index (χ0n) is 13.3. The van der Waals surface area contributed by atoms with Crippen molar-refractivity contribution in [2.24, 2.45) is 17.8 Å². The summed E-state index contributed by atoms with van der Waals surface area (Å²) < 4.78 is 22.4. The lowest BCUT2D eigenvalue weighted by Crippen LogP contribution is -2.47. The normalized spacial score (nSPS) is 34.3. The molecule has 0 bridgehead atoms. The van der Waals surface area contributed by atoms with Crippen molar-refractivity contribution in [1.29, 1.82) is 0 Å². The molecule has 5 nitrogen and oxygen atoms in total. The fourth-order valence-electron chi connectivity index (χ4n) is 3.38. The van der Waals surface area contributed by atoms with E-state index in [9.17, 15) is 4.79 Å². The van der Waals surface area contributed by atoms with E-state index in [1.54, 1.807) is 14.2 Å². The van der Waals surface area contributed by atoms with Crippen LogP contribution in [-0.2, 0) is 23.7 Å². The summed E-state index contributed by atoms with van der Waals surface area (Å²) in [7, 11) is 3.12. The minimum atomic E-state index is -0.933. The van der Waals surface area contributed by atoms with Gasteiger partial charge in [-0.25, -0.2) is 0 Å². The van der Waals surface area contributed by atoms with Crippen molar-refractivity contribution in [2.45, 2.75) is 44.7 Å². The first kappa shape index (κ1) is 16.3. The maximum absolute atomic E-state index is 12.5. The quantitative estimate of drug-likeness (QED) is 0.450. The maximum Gasteiger partial charge on any atom is 0.310 e. The van der Waals surface area contributed by atoms with Crippen molar-refractivity contribution < 1.29 is 23.7 Å². The van der Waals surface area contributed by atoms with E-state index in [0.717, 1.165) is 0 Å². The van der Waals surface area contributed by atoms with E-state index in [-0.39, 0.29) is 36.4 Å². The number of esters is 1. The summed E-state index contributed by atoms with van der Waals surface area (Å²) in [5, 5.41) is 0. The first-order valence-corrected chi connectivity index (χ1v) is 7.19. The molecule has 21 heavy (non-hydrogen) atoms. The van der Waals surface area contributed by atoms with Gasteiger partial charge in [-0.05, 0) is 27.2 Å². The highest BCUT2D eigenvalue weighted by molar-refractivity contribution is 5.74. The van der Waals surface area contributed by atoms with Gasteiger partial charge in [0, 0.05) is 20.1 Å². The van der Waals surface area contributed by atoms with Crippen molar-refractivity contribution in [1.82, 2.24) is 0 Å². The molecule has 0 aromatic rings. The molecule has 1 aliphatic carbocycles. The Hall–Kier alpha value is -1.09. The Labute approximate surface area is 126 Å². The Morgan fingerprint density at radius 2 is 1.95 bits per heavy atom. The third-order valence-electron chi connectivity index (χ3n) is 4.29. The average molecular weight is 296 g/mol. The van der Waals surface area contributed by atoms with Crippen LogP contribution in [0.3, 0.4) is 0 Å². The molecule has 1 heterocycles. The second kappa shape index (κ2) is 5.60. The smallest absolute Gasteiger partial charge is 0.310 e. The Kier molecular flexibility index (Phi) is 4.34. The highest BCUT2D eigenvalue weighted by Gasteiger charge is 2.62. The summed E-state index contributed by atoms with van der Waals surface area (Å²) in [4.78, 5) is 12.5. The Balaban J connectivity index is 2.29. The van der Waals surface area contributed by atoms with Gasteiger partial charge in [0.1, 0.15) is 12.2 Å². The Morgan fingerprint density at radius 3 is 2.43 bits per heavy atom. The molecule has 5 heteroatoms. The third-order valence-corrected chi connectivity index (χ3v) is 4.29. The molecule has 1 saturated carbocycles. The van der Waals surface area contributed by atoms with E-state index < -0.39 is 11.4 Å². The second-order valence-electron chi connectivity index (χ2n) is 6.67. The van der Waals surface area contributed by atoms with Crippen LogP contribution in [0.25, 0.3) is 0 Å². The lowest BCUT2D eigenvalue weighted by Gasteiger charge is -2.34. The van der Waals surface area contributed by atoms with Gasteiger partial charge in [0.05, 0.1) is 17.9 Å². The fourth-order valence-corrected chi connectivity index (χ4v) is 3.38. The summed E-state index contributed by atoms with van der Waals surface area (Å²) in [5.74, 6) is 0.779. The minimum Gasteiger partial charge on any atom is -0.460 e. The number of rotatable bonds is 3. The lowest BCUT2D eigenvalue weighted by molar-refractivity contribution is -0.234. The van der Waals surface area contributed by atoms with Gasteiger partial charge in [0.15, 0.2) is 5.79 Å². The predicted octanol–water partition coefficient (Wildman–Crippen LogP) is 1.60. The molecule has 1 saturated heterocycles. The van der Waals surface area contributed by atoms with Crippen molar-refractivity contribution in [3.8, 4) is 12.3 Å². The molecule has 0 N–H and O–H groups in total. The molecule has 0 amide bonds. The maximum atomic E-state index is 12.5. The topological polar surface area (TPSA) is 54.0 Å². The molecule has 2 fully saturated rings. The van der Waals surface area contributed by atoms with Gasteiger partial charge in [-0.15, -0.1) is 12.3 Å². The molecule has 0 radical (unpaired) electrons. The SMILES string of the molecule is C#C[C@@H]1CC(C(=O)OC(C)(C)C)[C@H]2[C@@H]1OCC2(OC)OC. The van der Waals surface area contributed by atoms with E-state index in [4.69, 9.17) is 25.4 Å². The average Bonchev–Trinajstić information content (AvgIpc) is 2.94. The third kappa shape index (κ3) is 2.80. The standard InChI is InChI=1S/C16H24O5/c1-7-10-8-11(14(17)21-15(2,3)4)12-13(10)20-9-16(12,18-5)19-6/h1,10-13H,8-9H2,2-6H3/t10-,11?,12+,13-/m1/s1. The number of fused-ring (bicyclic) bond motifs is 1. The minimum absolute atomic E-state index is 0.125. The molecule has 118 valence electrons. The van der Waals surface area contributed by atoms with E-state index in [2.05, 4.69) is 5.92 Å². The molecule has 2 aliphatic rings. The van der Waals surface area contributed by atoms with Crippen LogP contribution < -0.4 is 0 Å². The predicted molar refractivity (Wildman–Crippen MR) is 76.3 cm³/mol. The summed E-state index contributed by atoms with van der Waals surface area (Å²) in [6.45, 7) is 5.82. The van der Waals surface area contributed by atoms with Crippen molar-refractivity contribution in [3.05, 3.63) is 0 Å². The molecule has 4 atom stereocenters. The van der Waals surface area contributed by atoms with Crippen LogP contribution in [-0.4, -0.2) is 44.3 Å². The molecule has 0 spiro atoms. The highest BCUT2D eigenvalue weighted by Crippen LogP contribution is 2.50. The molecule has 1 aliphatic heterocycles. The number of methoxy groups -OCH3 is 2. The molecular weight excluding hydrogens is 272 g/mol. The Morgan fingerprint density at radius 1 is 1.33 bits per heavy atom. The van der Waals surface area contributed by atoms with Crippen molar-refractivity contribution in [2.75, 3.05) is 20.8 Å². The fraction of sp³-hybridized carbons (Fsp3) is 0.812. The zero-order chi connectivity index (χ0) is 15.8. The van der Waals surface area contributed by atoms with Gasteiger partial charge >= 0.3 is 5.97 Å². The molecular formula is C16H24O5. The monoisotopic (exact) mass is 296 g/mol. The van der Waals surface area contributed by atoms with Gasteiger partial charge < -0.3 is 18.9 Å². The first-order valence-electron chi connectivity index (χ1n) is 7.19. The van der Waals surface area contributed by atoms with E-state index in [1.807, 2.05) is 20.8 Å². The first-order chi connectivity index (χ1) is 9.78. The number of carbonyl (C=O) groups excluding carboxylic acids is 1. The van der Waals surface area contributed by atoms with Crippen LogP contribution in [0.2, 0.25) is 0 Å². The summed E-state index contributed by atoms with van der Waals surface area (Å²) in [5.41, 5.74) is -0.539. The summed E-state index contributed by atoms with van der Waals surface area (Å²) >= 11 is 0. The summed E-state index contributed by atoms with van der Waals surface area (Å²) in [6.07, 6.45) is 5.89. The molecule has 0 aromatic heterocycles. The number of hydrogen-bond acceptors (Lipinski definition) is 5. The number of hydrogen-bond donors (Lipinski definition) is 0. The number of terminal acetylenes is 1.